The number of aromatic nitrogens is 3. The van der Waals surface area contributed by atoms with Gasteiger partial charge in [-0.05, 0) is 39.5 Å². The van der Waals surface area contributed by atoms with Crippen molar-refractivity contribution in [1.29, 1.82) is 0 Å². The summed E-state index contributed by atoms with van der Waals surface area (Å²) in [4.78, 5) is 17.8. The third kappa shape index (κ3) is 6.30. The summed E-state index contributed by atoms with van der Waals surface area (Å²) in [6.07, 6.45) is 8.29. The van der Waals surface area contributed by atoms with Gasteiger partial charge in [0.15, 0.2) is 11.6 Å². The fourth-order valence-corrected chi connectivity index (χ4v) is 6.38. The van der Waals surface area contributed by atoms with Crippen molar-refractivity contribution < 1.29 is 0 Å². The van der Waals surface area contributed by atoms with Crippen LogP contribution in [0.5, 0.6) is 0 Å². The van der Waals surface area contributed by atoms with Crippen LogP contribution in [0.4, 0.5) is 11.6 Å². The lowest BCUT2D eigenvalue weighted by Crippen LogP contribution is -2.22. The van der Waals surface area contributed by atoms with Crippen molar-refractivity contribution in [3.05, 3.63) is 194 Å². The van der Waals surface area contributed by atoms with Crippen molar-refractivity contribution in [3.8, 4) is 56.2 Å². The molecular formula is C46H34N4. The van der Waals surface area contributed by atoms with E-state index in [0.717, 1.165) is 61.3 Å². The Morgan fingerprint density at radius 1 is 0.440 bits per heavy atom. The van der Waals surface area contributed by atoms with E-state index in [4.69, 9.17) is 15.0 Å². The number of benzene rings is 6. The van der Waals surface area contributed by atoms with E-state index in [2.05, 4.69) is 169 Å². The Bertz CT molecular complexity index is 2340. The van der Waals surface area contributed by atoms with E-state index >= 15 is 0 Å². The molecule has 0 amide bonds. The van der Waals surface area contributed by atoms with Gasteiger partial charge in [-0.3, -0.25) is 0 Å². The van der Waals surface area contributed by atoms with Crippen LogP contribution >= 0.6 is 0 Å². The van der Waals surface area contributed by atoms with Gasteiger partial charge in [-0.2, -0.15) is 9.97 Å². The van der Waals surface area contributed by atoms with Gasteiger partial charge in [0.1, 0.15) is 0 Å². The van der Waals surface area contributed by atoms with E-state index in [1.807, 2.05) is 24.3 Å². The van der Waals surface area contributed by atoms with Gasteiger partial charge >= 0.3 is 0 Å². The molecule has 0 aliphatic carbocycles. The SMILES string of the molecule is C=C1/C=C\C=C/CN(c2nc(-c3ccc(-c4ccccc4)cc3)nc(-c3cccc(-c4ccccc4)c3)n2)c2c1cccc2-c1ccccc1. The molecule has 8 rings (SSSR count). The third-order valence-corrected chi connectivity index (χ3v) is 8.91. The lowest BCUT2D eigenvalue weighted by molar-refractivity contribution is 0.960. The molecule has 0 saturated heterocycles. The quantitative estimate of drug-likeness (QED) is 0.181. The summed E-state index contributed by atoms with van der Waals surface area (Å²) in [5.74, 6) is 1.77. The van der Waals surface area contributed by atoms with Crippen molar-refractivity contribution in [2.75, 3.05) is 11.4 Å². The maximum atomic E-state index is 5.23. The normalized spacial score (nSPS) is 13.8. The van der Waals surface area contributed by atoms with E-state index in [1.54, 1.807) is 0 Å². The number of nitrogens with zero attached hydrogens (tertiary/aromatic N) is 4. The number of allylic oxidation sites excluding steroid dienone is 4. The van der Waals surface area contributed by atoms with Crippen molar-refractivity contribution in [2.45, 2.75) is 0 Å². The zero-order valence-corrected chi connectivity index (χ0v) is 27.5. The van der Waals surface area contributed by atoms with Crippen molar-refractivity contribution in [2.24, 2.45) is 0 Å². The molecule has 7 aromatic rings. The predicted molar refractivity (Wildman–Crippen MR) is 208 cm³/mol. The lowest BCUT2D eigenvalue weighted by Gasteiger charge is -2.27. The van der Waals surface area contributed by atoms with Gasteiger partial charge in [0.25, 0.3) is 0 Å². The summed E-state index contributed by atoms with van der Waals surface area (Å²) in [5, 5.41) is 0. The van der Waals surface area contributed by atoms with Crippen molar-refractivity contribution >= 4 is 17.2 Å². The molecular weight excluding hydrogens is 609 g/mol. The molecule has 1 aliphatic rings. The van der Waals surface area contributed by atoms with Crippen molar-refractivity contribution in [1.82, 2.24) is 15.0 Å². The van der Waals surface area contributed by atoms with Crippen molar-refractivity contribution in [3.63, 3.8) is 0 Å². The second-order valence-electron chi connectivity index (χ2n) is 12.2. The monoisotopic (exact) mass is 642 g/mol. The largest absolute Gasteiger partial charge is 0.305 e. The van der Waals surface area contributed by atoms with Gasteiger partial charge < -0.3 is 4.90 Å². The number of rotatable bonds is 6. The van der Waals surface area contributed by atoms with Crippen LogP contribution in [0.2, 0.25) is 0 Å². The highest BCUT2D eigenvalue weighted by molar-refractivity contribution is 5.93. The van der Waals surface area contributed by atoms with Crippen LogP contribution in [0.3, 0.4) is 0 Å². The molecule has 0 unspecified atom stereocenters. The highest BCUT2D eigenvalue weighted by Gasteiger charge is 2.23. The molecule has 2 heterocycles. The first-order valence-electron chi connectivity index (χ1n) is 16.8. The average molecular weight is 643 g/mol. The minimum atomic E-state index is 0.550. The van der Waals surface area contributed by atoms with Crippen LogP contribution in [0.25, 0.3) is 61.7 Å². The molecule has 1 aromatic heterocycles. The van der Waals surface area contributed by atoms with Crippen LogP contribution < -0.4 is 4.90 Å². The molecule has 238 valence electrons. The standard InChI is InChI=1S/C46H34N4/c1-33-16-6-5-13-31-50(43-41(33)25-15-26-42(43)37-21-11-4-12-22-37)46-48-44(38-29-27-36(28-30-38)34-17-7-2-8-18-34)47-45(49-46)40-24-14-23-39(32-40)35-19-9-3-10-20-35/h2-30,32H,1,31H2/b13-5-,16-6-. The van der Waals surface area contributed by atoms with Crippen LogP contribution in [0.15, 0.2) is 189 Å². The summed E-state index contributed by atoms with van der Waals surface area (Å²) >= 11 is 0. The first-order valence-corrected chi connectivity index (χ1v) is 16.8. The Morgan fingerprint density at radius 3 is 1.66 bits per heavy atom. The Labute approximate surface area is 293 Å². The summed E-state index contributed by atoms with van der Waals surface area (Å²) in [6, 6.07) is 54.5. The smallest absolute Gasteiger partial charge is 0.234 e. The molecule has 6 aromatic carbocycles. The number of para-hydroxylation sites is 1. The molecule has 0 fully saturated rings. The Kier molecular flexibility index (Phi) is 8.49. The molecule has 0 atom stereocenters. The average Bonchev–Trinajstić information content (AvgIpc) is 3.28. The third-order valence-electron chi connectivity index (χ3n) is 8.91. The summed E-state index contributed by atoms with van der Waals surface area (Å²) in [7, 11) is 0. The molecule has 0 bridgehead atoms. The Morgan fingerprint density at radius 2 is 0.960 bits per heavy atom. The van der Waals surface area contributed by atoms with Crippen LogP contribution in [-0.4, -0.2) is 21.5 Å². The first kappa shape index (κ1) is 30.7. The Balaban J connectivity index is 1.33. The number of fused-ring (bicyclic) bond motifs is 1. The van der Waals surface area contributed by atoms with E-state index in [-0.39, 0.29) is 0 Å². The zero-order chi connectivity index (χ0) is 33.7. The van der Waals surface area contributed by atoms with Gasteiger partial charge in [-0.25, -0.2) is 4.98 Å². The number of hydrogen-bond donors (Lipinski definition) is 0. The molecule has 1 aliphatic heterocycles. The highest BCUT2D eigenvalue weighted by Crippen LogP contribution is 2.41. The summed E-state index contributed by atoms with van der Waals surface area (Å²) in [6.45, 7) is 5.01. The van der Waals surface area contributed by atoms with Crippen LogP contribution in [-0.2, 0) is 0 Å². The minimum absolute atomic E-state index is 0.550. The van der Waals surface area contributed by atoms with Gasteiger partial charge in [0.2, 0.25) is 5.95 Å². The highest BCUT2D eigenvalue weighted by atomic mass is 15.3. The molecule has 0 radical (unpaired) electrons. The van der Waals surface area contributed by atoms with E-state index in [0.29, 0.717) is 24.1 Å². The second-order valence-corrected chi connectivity index (χ2v) is 12.2. The van der Waals surface area contributed by atoms with Gasteiger partial charge in [0, 0.05) is 28.8 Å². The van der Waals surface area contributed by atoms with Gasteiger partial charge in [0.05, 0.1) is 5.69 Å². The van der Waals surface area contributed by atoms with E-state index in [1.165, 1.54) is 0 Å². The fraction of sp³-hybridized carbons (Fsp3) is 0.0217. The summed E-state index contributed by atoms with van der Waals surface area (Å²) in [5.41, 5.74) is 11.5. The minimum Gasteiger partial charge on any atom is -0.305 e. The number of anilines is 2. The van der Waals surface area contributed by atoms with Gasteiger partial charge in [-0.1, -0.05) is 183 Å². The molecule has 0 spiro atoms. The summed E-state index contributed by atoms with van der Waals surface area (Å²) < 4.78 is 0. The topological polar surface area (TPSA) is 41.9 Å². The molecule has 4 heteroatoms. The molecule has 4 nitrogen and oxygen atoms in total. The van der Waals surface area contributed by atoms with Gasteiger partial charge in [-0.15, -0.1) is 0 Å². The number of hydrogen-bond acceptors (Lipinski definition) is 4. The maximum Gasteiger partial charge on any atom is 0.234 e. The molecule has 0 N–H and O–H groups in total. The predicted octanol–water partition coefficient (Wildman–Crippen LogP) is 11.5. The van der Waals surface area contributed by atoms with Crippen LogP contribution in [0, 0.1) is 0 Å². The molecule has 0 saturated carbocycles. The zero-order valence-electron chi connectivity index (χ0n) is 27.5. The molecule has 50 heavy (non-hydrogen) atoms. The van der Waals surface area contributed by atoms with Crippen LogP contribution in [0.1, 0.15) is 5.56 Å². The first-order chi connectivity index (χ1) is 24.7. The van der Waals surface area contributed by atoms with E-state index < -0.39 is 0 Å². The fourth-order valence-electron chi connectivity index (χ4n) is 6.38. The Hall–Kier alpha value is -6.65. The maximum absolute atomic E-state index is 5.23. The lowest BCUT2D eigenvalue weighted by atomic mass is 9.95. The van der Waals surface area contributed by atoms with E-state index in [9.17, 15) is 0 Å². The second kappa shape index (κ2) is 13.8.